The fourth-order valence-corrected chi connectivity index (χ4v) is 4.36. The average molecular weight is 475 g/mol. The summed E-state index contributed by atoms with van der Waals surface area (Å²) in [4.78, 5) is 12.6. The molecule has 3 aromatic rings. The summed E-state index contributed by atoms with van der Waals surface area (Å²) in [5.74, 6) is 1.70. The number of nitrogens with one attached hydrogen (secondary N) is 1. The summed E-state index contributed by atoms with van der Waals surface area (Å²) in [6.07, 6.45) is 2.14. The number of hydrogen-bond acceptors (Lipinski definition) is 9. The van der Waals surface area contributed by atoms with Crippen LogP contribution in [0.1, 0.15) is 37.7 Å². The highest BCUT2D eigenvalue weighted by molar-refractivity contribution is 8.00. The third-order valence-electron chi connectivity index (χ3n) is 4.44. The number of para-hydroxylation sites is 2. The number of benzene rings is 1. The van der Waals surface area contributed by atoms with E-state index in [1.165, 1.54) is 23.1 Å². The van der Waals surface area contributed by atoms with Crippen LogP contribution < -0.4 is 14.8 Å². The van der Waals surface area contributed by atoms with Gasteiger partial charge in [-0.3, -0.25) is 14.7 Å². The summed E-state index contributed by atoms with van der Waals surface area (Å²) in [7, 11) is 1.60. The molecule has 0 fully saturated rings. The third-order valence-corrected chi connectivity index (χ3v) is 6.51. The second-order valence-corrected chi connectivity index (χ2v) is 9.12. The molecule has 2 heterocycles. The average Bonchev–Trinajstić information content (AvgIpc) is 3.41. The van der Waals surface area contributed by atoms with Crippen LogP contribution in [0.4, 0.5) is 5.13 Å². The van der Waals surface area contributed by atoms with Crippen LogP contribution in [0.5, 0.6) is 11.5 Å². The molecule has 1 aromatic carbocycles. The van der Waals surface area contributed by atoms with Crippen molar-refractivity contribution in [2.75, 3.05) is 12.4 Å². The monoisotopic (exact) mass is 474 g/mol. The first-order chi connectivity index (χ1) is 15.5. The molecule has 0 saturated heterocycles. The van der Waals surface area contributed by atoms with E-state index in [1.54, 1.807) is 13.2 Å². The molecule has 0 aliphatic carbocycles. The Hall–Kier alpha value is -2.92. The maximum Gasteiger partial charge on any atom is 0.239 e. The van der Waals surface area contributed by atoms with Crippen molar-refractivity contribution >= 4 is 34.1 Å². The van der Waals surface area contributed by atoms with Crippen LogP contribution in [0.2, 0.25) is 0 Å². The van der Waals surface area contributed by atoms with Gasteiger partial charge in [-0.2, -0.15) is 0 Å². The lowest BCUT2D eigenvalue weighted by molar-refractivity contribution is -0.115. The Morgan fingerprint density at radius 1 is 1.25 bits per heavy atom. The molecule has 1 N–H and O–H groups in total. The van der Waals surface area contributed by atoms with E-state index in [-0.39, 0.29) is 5.91 Å². The number of aryl methyl sites for hydroxylation is 1. The van der Waals surface area contributed by atoms with E-state index in [0.29, 0.717) is 34.2 Å². The standard InChI is InChI=1S/C21H26N6O3S2/c1-6-12-27-18(13(3)30-16-11-9-8-10-15(16)29-5)24-26-21(27)31-14(4)19(28)22-20-25-23-17(7-2)32-20/h6,8-11,13-14H,1,7,12H2,2-5H3,(H,22,25,28). The van der Waals surface area contributed by atoms with Crippen LogP contribution in [0.15, 0.2) is 42.1 Å². The molecule has 0 aliphatic rings. The van der Waals surface area contributed by atoms with Gasteiger partial charge in [0.15, 0.2) is 28.6 Å². The Kier molecular flexibility index (Phi) is 8.23. The molecule has 0 saturated carbocycles. The number of aromatic nitrogens is 5. The maximum atomic E-state index is 12.6. The maximum absolute atomic E-state index is 12.6. The van der Waals surface area contributed by atoms with Crippen molar-refractivity contribution in [2.45, 2.75) is 50.2 Å². The molecule has 2 aromatic heterocycles. The van der Waals surface area contributed by atoms with E-state index in [2.05, 4.69) is 32.3 Å². The highest BCUT2D eigenvalue weighted by atomic mass is 32.2. The van der Waals surface area contributed by atoms with Crippen molar-refractivity contribution in [1.29, 1.82) is 0 Å². The minimum absolute atomic E-state index is 0.179. The van der Waals surface area contributed by atoms with Crippen molar-refractivity contribution in [1.82, 2.24) is 25.0 Å². The number of amides is 1. The van der Waals surface area contributed by atoms with Crippen LogP contribution in [-0.2, 0) is 17.8 Å². The quantitative estimate of drug-likeness (QED) is 0.327. The number of carbonyl (C=O) groups excluding carboxylic acids is 1. The molecule has 3 rings (SSSR count). The van der Waals surface area contributed by atoms with Gasteiger partial charge in [0.25, 0.3) is 0 Å². The summed E-state index contributed by atoms with van der Waals surface area (Å²) >= 11 is 2.68. The molecule has 32 heavy (non-hydrogen) atoms. The van der Waals surface area contributed by atoms with Gasteiger partial charge < -0.3 is 9.47 Å². The van der Waals surface area contributed by atoms with Gasteiger partial charge in [0.2, 0.25) is 11.0 Å². The first-order valence-electron chi connectivity index (χ1n) is 10.1. The fourth-order valence-electron chi connectivity index (χ4n) is 2.81. The van der Waals surface area contributed by atoms with Gasteiger partial charge >= 0.3 is 0 Å². The van der Waals surface area contributed by atoms with Gasteiger partial charge in [-0.1, -0.05) is 48.2 Å². The van der Waals surface area contributed by atoms with Crippen LogP contribution in [0.3, 0.4) is 0 Å². The zero-order valence-electron chi connectivity index (χ0n) is 18.4. The topological polar surface area (TPSA) is 104 Å². The molecule has 2 atom stereocenters. The molecule has 170 valence electrons. The molecule has 1 amide bonds. The number of ether oxygens (including phenoxy) is 2. The number of hydrogen-bond donors (Lipinski definition) is 1. The Labute approximate surface area is 195 Å². The van der Waals surface area contributed by atoms with Crippen LogP contribution in [-0.4, -0.2) is 43.2 Å². The Morgan fingerprint density at radius 3 is 2.66 bits per heavy atom. The number of allylic oxidation sites excluding steroid dienone is 1. The molecule has 0 bridgehead atoms. The minimum Gasteiger partial charge on any atom is -0.493 e. The van der Waals surface area contributed by atoms with E-state index >= 15 is 0 Å². The summed E-state index contributed by atoms with van der Waals surface area (Å²) in [6.45, 7) is 10.0. The number of methoxy groups -OCH3 is 1. The SMILES string of the molecule is C=CCn1c(SC(C)C(=O)Nc2nnc(CC)s2)nnc1C(C)Oc1ccccc1OC. The molecule has 0 spiro atoms. The lowest BCUT2D eigenvalue weighted by Crippen LogP contribution is -2.23. The summed E-state index contributed by atoms with van der Waals surface area (Å²) in [6, 6.07) is 7.42. The second kappa shape index (κ2) is 11.1. The number of thioether (sulfide) groups is 1. The molecular formula is C21H26N6O3S2. The zero-order valence-corrected chi connectivity index (χ0v) is 20.1. The van der Waals surface area contributed by atoms with Crippen molar-refractivity contribution in [3.8, 4) is 11.5 Å². The van der Waals surface area contributed by atoms with Gasteiger partial charge in [-0.25, -0.2) is 0 Å². The number of carbonyl (C=O) groups is 1. The van der Waals surface area contributed by atoms with E-state index in [1.807, 2.05) is 49.6 Å². The predicted octanol–water partition coefficient (Wildman–Crippen LogP) is 4.15. The largest absolute Gasteiger partial charge is 0.493 e. The molecule has 11 heteroatoms. The first-order valence-corrected chi connectivity index (χ1v) is 11.8. The van der Waals surface area contributed by atoms with Gasteiger partial charge in [0, 0.05) is 6.54 Å². The van der Waals surface area contributed by atoms with Gasteiger partial charge in [0.1, 0.15) is 5.01 Å². The van der Waals surface area contributed by atoms with Crippen LogP contribution in [0, 0.1) is 0 Å². The summed E-state index contributed by atoms with van der Waals surface area (Å²) in [5.41, 5.74) is 0. The second-order valence-electron chi connectivity index (χ2n) is 6.75. The molecule has 0 radical (unpaired) electrons. The lowest BCUT2D eigenvalue weighted by atomic mass is 10.3. The smallest absolute Gasteiger partial charge is 0.239 e. The number of anilines is 1. The van der Waals surface area contributed by atoms with Gasteiger partial charge in [0.05, 0.1) is 12.4 Å². The van der Waals surface area contributed by atoms with E-state index in [0.717, 1.165) is 11.4 Å². The van der Waals surface area contributed by atoms with E-state index < -0.39 is 11.4 Å². The van der Waals surface area contributed by atoms with Crippen molar-refractivity contribution in [3.05, 3.63) is 47.8 Å². The minimum atomic E-state index is -0.421. The summed E-state index contributed by atoms with van der Waals surface area (Å²) < 4.78 is 13.3. The number of rotatable bonds is 11. The molecule has 9 nitrogen and oxygen atoms in total. The molecule has 2 unspecified atom stereocenters. The van der Waals surface area contributed by atoms with Crippen molar-refractivity contribution < 1.29 is 14.3 Å². The Morgan fingerprint density at radius 2 is 2.00 bits per heavy atom. The lowest BCUT2D eigenvalue weighted by Gasteiger charge is -2.17. The van der Waals surface area contributed by atoms with Crippen LogP contribution >= 0.6 is 23.1 Å². The summed E-state index contributed by atoms with van der Waals surface area (Å²) in [5, 5.41) is 21.0. The molecule has 0 aliphatic heterocycles. The number of nitrogens with zero attached hydrogens (tertiary/aromatic N) is 5. The van der Waals surface area contributed by atoms with Crippen molar-refractivity contribution in [3.63, 3.8) is 0 Å². The third kappa shape index (κ3) is 5.65. The normalized spacial score (nSPS) is 12.8. The predicted molar refractivity (Wildman–Crippen MR) is 125 cm³/mol. The first kappa shape index (κ1) is 23.7. The molecular weight excluding hydrogens is 448 g/mol. The van der Waals surface area contributed by atoms with Gasteiger partial charge in [-0.05, 0) is 32.4 Å². The van der Waals surface area contributed by atoms with Crippen molar-refractivity contribution in [2.24, 2.45) is 0 Å². The van der Waals surface area contributed by atoms with Gasteiger partial charge in [-0.15, -0.1) is 27.0 Å². The Bertz CT molecular complexity index is 1070. The van der Waals surface area contributed by atoms with E-state index in [4.69, 9.17) is 9.47 Å². The van der Waals surface area contributed by atoms with Crippen LogP contribution in [0.25, 0.3) is 0 Å². The highest BCUT2D eigenvalue weighted by Crippen LogP contribution is 2.32. The highest BCUT2D eigenvalue weighted by Gasteiger charge is 2.24. The fraction of sp³-hybridized carbons (Fsp3) is 0.381. The zero-order chi connectivity index (χ0) is 23.1. The Balaban J connectivity index is 1.73. The van der Waals surface area contributed by atoms with E-state index in [9.17, 15) is 4.79 Å².